The third-order valence-corrected chi connectivity index (χ3v) is 7.01. The summed E-state index contributed by atoms with van der Waals surface area (Å²) < 4.78 is 13.9. The van der Waals surface area contributed by atoms with Crippen molar-refractivity contribution in [2.24, 2.45) is 0 Å². The zero-order chi connectivity index (χ0) is 26.1. The lowest BCUT2D eigenvalue weighted by atomic mass is 9.82. The van der Waals surface area contributed by atoms with Crippen LogP contribution < -0.4 is 0 Å². The first-order valence-corrected chi connectivity index (χ1v) is 12.8. The molecule has 6 rings (SSSR count). The molecule has 190 valence electrons. The fraction of sp³-hybridized carbons (Fsp3) is 0.200. The van der Waals surface area contributed by atoms with Gasteiger partial charge in [-0.2, -0.15) is 0 Å². The average Bonchev–Trinajstić information content (AvgIpc) is 3.52. The highest BCUT2D eigenvalue weighted by Gasteiger charge is 2.37. The van der Waals surface area contributed by atoms with Crippen LogP contribution in [0.1, 0.15) is 47.0 Å². The minimum Gasteiger partial charge on any atom is -0.423 e. The van der Waals surface area contributed by atoms with E-state index in [1.807, 2.05) is 73.7 Å². The number of halogens is 1. The fourth-order valence-electron chi connectivity index (χ4n) is 4.94. The van der Waals surface area contributed by atoms with Gasteiger partial charge in [0.2, 0.25) is 11.8 Å². The van der Waals surface area contributed by atoms with Crippen molar-refractivity contribution in [2.45, 2.75) is 38.9 Å². The zero-order valence-corrected chi connectivity index (χ0v) is 21.9. The summed E-state index contributed by atoms with van der Waals surface area (Å²) in [4.78, 5) is 0. The molecule has 5 aromatic rings. The van der Waals surface area contributed by atoms with Gasteiger partial charge in [-0.3, -0.25) is 4.57 Å². The fourth-order valence-corrected chi connectivity index (χ4v) is 5.06. The molecule has 0 N–H and O–H groups in total. The van der Waals surface area contributed by atoms with Gasteiger partial charge in [-0.05, 0) is 48.7 Å². The molecule has 0 radical (unpaired) electrons. The topological polar surface area (TPSA) is 78.9 Å². The highest BCUT2D eigenvalue weighted by Crippen LogP contribution is 2.41. The number of nitrogens with zero attached hydrogens (tertiary/aromatic N) is 5. The molecule has 1 aliphatic rings. The van der Waals surface area contributed by atoms with E-state index >= 15 is 0 Å². The number of benzene rings is 3. The lowest BCUT2D eigenvalue weighted by Gasteiger charge is -2.23. The van der Waals surface area contributed by atoms with E-state index < -0.39 is 5.41 Å². The quantitative estimate of drug-likeness (QED) is 0.250. The van der Waals surface area contributed by atoms with Crippen LogP contribution in [0.5, 0.6) is 0 Å². The van der Waals surface area contributed by atoms with E-state index in [2.05, 4.69) is 50.1 Å². The van der Waals surface area contributed by atoms with E-state index in [-0.39, 0.29) is 6.61 Å². The second-order valence-electron chi connectivity index (χ2n) is 9.65. The normalized spacial score (nSPS) is 16.4. The highest BCUT2D eigenvalue weighted by atomic mass is 35.5. The molecule has 0 spiro atoms. The van der Waals surface area contributed by atoms with Gasteiger partial charge in [0.15, 0.2) is 0 Å². The minimum absolute atomic E-state index is 0.241. The number of ether oxygens (including phenoxy) is 1. The van der Waals surface area contributed by atoms with Crippen LogP contribution in [0.15, 0.2) is 89.4 Å². The maximum Gasteiger partial charge on any atom is 0.242 e. The van der Waals surface area contributed by atoms with Crippen LogP contribution in [0.4, 0.5) is 0 Å². The maximum atomic E-state index is 6.22. The summed E-state index contributed by atoms with van der Waals surface area (Å²) in [5.74, 6) is 2.57. The van der Waals surface area contributed by atoms with Gasteiger partial charge in [-0.1, -0.05) is 78.3 Å². The molecule has 1 aliphatic heterocycles. The molecule has 0 bridgehead atoms. The van der Waals surface area contributed by atoms with Crippen LogP contribution in [-0.2, 0) is 29.8 Å². The number of hydrogen-bond acceptors (Lipinski definition) is 6. The van der Waals surface area contributed by atoms with E-state index in [1.165, 1.54) is 0 Å². The third kappa shape index (κ3) is 4.66. The molecule has 38 heavy (non-hydrogen) atoms. The Hall–Kier alpha value is -4.07. The predicted molar refractivity (Wildman–Crippen MR) is 145 cm³/mol. The Bertz CT molecular complexity index is 1610. The number of rotatable bonds is 7. The smallest absolute Gasteiger partial charge is 0.242 e. The van der Waals surface area contributed by atoms with E-state index in [9.17, 15) is 0 Å². The van der Waals surface area contributed by atoms with Crippen LogP contribution in [-0.4, -0.2) is 25.0 Å². The molecule has 8 heteroatoms. The first-order chi connectivity index (χ1) is 18.5. The molecule has 1 unspecified atom stereocenters. The number of para-hydroxylation sites is 1. The van der Waals surface area contributed by atoms with Crippen molar-refractivity contribution in [3.8, 4) is 5.69 Å². The van der Waals surface area contributed by atoms with Crippen LogP contribution in [0.2, 0.25) is 5.02 Å². The molecule has 0 amide bonds. The molecule has 0 fully saturated rings. The monoisotopic (exact) mass is 523 g/mol. The Morgan fingerprint density at radius 2 is 1.58 bits per heavy atom. The molecule has 0 aliphatic carbocycles. The van der Waals surface area contributed by atoms with Crippen molar-refractivity contribution in [1.29, 1.82) is 0 Å². The number of aryl methyl sites for hydroxylation is 1. The van der Waals surface area contributed by atoms with Crippen LogP contribution in [0.25, 0.3) is 11.3 Å². The number of hydrogen-bond donors (Lipinski definition) is 0. The Labute approximate surface area is 225 Å². The summed E-state index contributed by atoms with van der Waals surface area (Å²) in [6, 6.07) is 26.2. The molecule has 0 saturated heterocycles. The Balaban J connectivity index is 1.35. The minimum atomic E-state index is -0.593. The third-order valence-electron chi connectivity index (χ3n) is 6.75. The molecule has 3 aromatic carbocycles. The molecule has 0 saturated carbocycles. The Morgan fingerprint density at radius 1 is 0.842 bits per heavy atom. The predicted octanol–water partition coefficient (Wildman–Crippen LogP) is 6.27. The van der Waals surface area contributed by atoms with Crippen LogP contribution in [0, 0.1) is 6.92 Å². The lowest BCUT2D eigenvalue weighted by Crippen LogP contribution is -2.27. The van der Waals surface area contributed by atoms with E-state index in [4.69, 9.17) is 20.8 Å². The highest BCUT2D eigenvalue weighted by molar-refractivity contribution is 6.30. The van der Waals surface area contributed by atoms with Gasteiger partial charge in [0.05, 0.1) is 17.7 Å². The van der Waals surface area contributed by atoms with E-state index in [0.29, 0.717) is 29.8 Å². The van der Waals surface area contributed by atoms with Crippen LogP contribution >= 0.6 is 11.6 Å². The summed E-state index contributed by atoms with van der Waals surface area (Å²) >= 11 is 6.22. The zero-order valence-electron chi connectivity index (χ0n) is 21.1. The molecule has 7 nitrogen and oxygen atoms in total. The number of fused-ring (bicyclic) bond motifs is 3. The summed E-state index contributed by atoms with van der Waals surface area (Å²) in [6.07, 6.45) is 2.68. The maximum absolute atomic E-state index is 6.22. The summed E-state index contributed by atoms with van der Waals surface area (Å²) in [5, 5.41) is 18.3. The summed E-state index contributed by atoms with van der Waals surface area (Å²) in [5.41, 5.74) is 4.75. The van der Waals surface area contributed by atoms with Crippen molar-refractivity contribution in [2.75, 3.05) is 0 Å². The second kappa shape index (κ2) is 10.0. The second-order valence-corrected chi connectivity index (χ2v) is 10.1. The number of aromatic nitrogens is 5. The van der Waals surface area contributed by atoms with Gasteiger partial charge in [0, 0.05) is 17.0 Å². The van der Waals surface area contributed by atoms with Crippen LogP contribution in [0.3, 0.4) is 0 Å². The van der Waals surface area contributed by atoms with Crippen molar-refractivity contribution >= 4 is 17.2 Å². The van der Waals surface area contributed by atoms with Gasteiger partial charge in [0.1, 0.15) is 18.3 Å². The summed E-state index contributed by atoms with van der Waals surface area (Å²) in [7, 11) is 0. The first-order valence-electron chi connectivity index (χ1n) is 12.4. The average molecular weight is 524 g/mol. The number of allylic oxidation sites excluding steroid dienone is 1. The standard InChI is InChI=1S/C30H26ClN5O2/c1-20-32-35-29-30(2,17-27-33-34-28(38-27)19-37-18-21-8-4-3-5-9-21)16-25(22-12-14-23(31)15-13-22)24-10-6-7-11-26(24)36(20)29/h3-16H,17-19H2,1-2H3. The van der Waals surface area contributed by atoms with Crippen molar-refractivity contribution in [3.05, 3.63) is 130 Å². The van der Waals surface area contributed by atoms with Gasteiger partial charge in [-0.25, -0.2) is 0 Å². The summed E-state index contributed by atoms with van der Waals surface area (Å²) in [6.45, 7) is 4.82. The van der Waals surface area contributed by atoms with E-state index in [0.717, 1.165) is 39.6 Å². The largest absolute Gasteiger partial charge is 0.423 e. The van der Waals surface area contributed by atoms with Gasteiger partial charge < -0.3 is 9.15 Å². The van der Waals surface area contributed by atoms with Crippen molar-refractivity contribution in [1.82, 2.24) is 25.0 Å². The van der Waals surface area contributed by atoms with Gasteiger partial charge in [-0.15, -0.1) is 20.4 Å². The van der Waals surface area contributed by atoms with Gasteiger partial charge in [0.25, 0.3) is 0 Å². The lowest BCUT2D eigenvalue weighted by molar-refractivity contribution is 0.0884. The van der Waals surface area contributed by atoms with Crippen molar-refractivity contribution in [3.63, 3.8) is 0 Å². The van der Waals surface area contributed by atoms with Crippen molar-refractivity contribution < 1.29 is 9.15 Å². The Kier molecular flexibility index (Phi) is 6.39. The van der Waals surface area contributed by atoms with Gasteiger partial charge >= 0.3 is 0 Å². The Morgan fingerprint density at radius 3 is 2.39 bits per heavy atom. The molecular weight excluding hydrogens is 498 g/mol. The molecule has 1 atom stereocenters. The van der Waals surface area contributed by atoms with E-state index in [1.54, 1.807) is 0 Å². The first kappa shape index (κ1) is 24.3. The molecular formula is C30H26ClN5O2. The SMILES string of the molecule is Cc1nnc2n1-c1ccccc1C(c1ccc(Cl)cc1)=CC2(C)Cc1nnc(COCc2ccccc2)o1. The molecule has 3 heterocycles. The molecule has 2 aromatic heterocycles.